The third-order valence-corrected chi connectivity index (χ3v) is 3.41. The third kappa shape index (κ3) is 2.75. The first-order chi connectivity index (χ1) is 7.05. The van der Waals surface area contributed by atoms with E-state index in [1.807, 2.05) is 6.92 Å². The van der Waals surface area contributed by atoms with Crippen LogP contribution < -0.4 is 5.32 Å². The number of hydrogen-bond donors (Lipinski definition) is 1. The molecule has 1 aromatic rings. The van der Waals surface area contributed by atoms with E-state index in [0.29, 0.717) is 12.4 Å². The van der Waals surface area contributed by atoms with Crippen molar-refractivity contribution in [1.82, 2.24) is 10.3 Å². The number of rotatable bonds is 2. The summed E-state index contributed by atoms with van der Waals surface area (Å²) < 4.78 is 5.34. The summed E-state index contributed by atoms with van der Waals surface area (Å²) in [6.07, 6.45) is 1.72. The summed E-state index contributed by atoms with van der Waals surface area (Å²) in [5.41, 5.74) is 0.149. The summed E-state index contributed by atoms with van der Waals surface area (Å²) in [6, 6.07) is 0. The quantitative estimate of drug-likeness (QED) is 0.836. The molecule has 0 amide bonds. The maximum absolute atomic E-state index is 5.34. The topological polar surface area (TPSA) is 50.4 Å². The molecule has 82 valence electrons. The Balaban J connectivity index is 1.95. The van der Waals surface area contributed by atoms with Crippen LogP contribution in [0.4, 0.5) is 0 Å². The molecule has 0 aliphatic carbocycles. The Morgan fingerprint density at radius 1 is 1.67 bits per heavy atom. The lowest BCUT2D eigenvalue weighted by molar-refractivity contribution is 0.473. The maximum atomic E-state index is 5.34. The molecule has 2 rings (SSSR count). The Hall–Kier alpha value is -0.970. The minimum atomic E-state index is 0.149. The lowest BCUT2D eigenvalue weighted by Crippen LogP contribution is -2.36. The number of amidine groups is 1. The molecule has 0 aromatic carbocycles. The van der Waals surface area contributed by atoms with Gasteiger partial charge in [-0.15, -0.1) is 0 Å². The summed E-state index contributed by atoms with van der Waals surface area (Å²) in [4.78, 5) is 8.52. The highest BCUT2D eigenvalue weighted by Crippen LogP contribution is 2.22. The molecule has 1 aromatic heterocycles. The zero-order valence-electron chi connectivity index (χ0n) is 9.20. The summed E-state index contributed by atoms with van der Waals surface area (Å²) in [6.45, 7) is 6.73. The summed E-state index contributed by atoms with van der Waals surface area (Å²) >= 11 is 1.74. The number of oxazole rings is 1. The van der Waals surface area contributed by atoms with Crippen molar-refractivity contribution >= 4 is 16.9 Å². The van der Waals surface area contributed by atoms with Gasteiger partial charge in [-0.3, -0.25) is 4.99 Å². The fraction of sp³-hybridized carbons (Fsp3) is 0.600. The predicted molar refractivity (Wildman–Crippen MR) is 62.1 cm³/mol. The van der Waals surface area contributed by atoms with Gasteiger partial charge in [0.15, 0.2) is 5.17 Å². The standard InChI is InChI=1S/C10H15N3OS/c1-7-4-11-8(14-7)5-12-9-13-10(2,3)6-15-9/h4H,5-6H2,1-3H3,(H,12,13). The van der Waals surface area contributed by atoms with Gasteiger partial charge in [0.2, 0.25) is 5.89 Å². The van der Waals surface area contributed by atoms with Crippen molar-refractivity contribution in [3.63, 3.8) is 0 Å². The molecule has 1 aliphatic heterocycles. The van der Waals surface area contributed by atoms with Crippen molar-refractivity contribution < 1.29 is 4.42 Å². The first kappa shape index (κ1) is 10.5. The number of thioether (sulfide) groups is 1. The van der Waals surface area contributed by atoms with E-state index in [1.54, 1.807) is 18.0 Å². The monoisotopic (exact) mass is 225 g/mol. The van der Waals surface area contributed by atoms with Crippen molar-refractivity contribution in [2.45, 2.75) is 32.9 Å². The first-order valence-corrected chi connectivity index (χ1v) is 5.90. The van der Waals surface area contributed by atoms with Crippen LogP contribution in [0.3, 0.4) is 0 Å². The van der Waals surface area contributed by atoms with Gasteiger partial charge in [-0.1, -0.05) is 11.8 Å². The summed E-state index contributed by atoms with van der Waals surface area (Å²) in [5.74, 6) is 2.56. The van der Waals surface area contributed by atoms with E-state index < -0.39 is 0 Å². The van der Waals surface area contributed by atoms with Gasteiger partial charge in [0, 0.05) is 11.3 Å². The van der Waals surface area contributed by atoms with E-state index in [-0.39, 0.29) is 5.54 Å². The smallest absolute Gasteiger partial charge is 0.216 e. The molecule has 0 unspecified atom stereocenters. The normalized spacial score (nSPS) is 21.9. The number of hydrogen-bond acceptors (Lipinski definition) is 4. The molecule has 2 heterocycles. The molecule has 1 aliphatic rings. The fourth-order valence-corrected chi connectivity index (χ4v) is 2.38. The Bertz CT molecular complexity index is 384. The van der Waals surface area contributed by atoms with Crippen LogP contribution in [0, 0.1) is 6.92 Å². The average molecular weight is 225 g/mol. The van der Waals surface area contributed by atoms with Gasteiger partial charge in [-0.05, 0) is 20.8 Å². The predicted octanol–water partition coefficient (Wildman–Crippen LogP) is 1.95. The number of nitrogens with one attached hydrogen (secondary N) is 1. The summed E-state index contributed by atoms with van der Waals surface area (Å²) in [5, 5.41) is 4.33. The van der Waals surface area contributed by atoms with Crippen LogP contribution in [-0.4, -0.2) is 21.4 Å². The van der Waals surface area contributed by atoms with Crippen molar-refractivity contribution in [2.75, 3.05) is 5.75 Å². The molecule has 0 bridgehead atoms. The van der Waals surface area contributed by atoms with Gasteiger partial charge >= 0.3 is 0 Å². The lowest BCUT2D eigenvalue weighted by Gasteiger charge is -2.15. The number of aliphatic imine (C=N–C) groups is 1. The lowest BCUT2D eigenvalue weighted by atomic mass is 10.1. The molecular weight excluding hydrogens is 210 g/mol. The van der Waals surface area contributed by atoms with Crippen LogP contribution in [0.1, 0.15) is 25.5 Å². The number of aromatic nitrogens is 1. The molecule has 15 heavy (non-hydrogen) atoms. The van der Waals surface area contributed by atoms with Crippen LogP contribution in [0.5, 0.6) is 0 Å². The Labute approximate surface area is 93.6 Å². The second-order valence-corrected chi connectivity index (χ2v) is 5.25. The first-order valence-electron chi connectivity index (χ1n) is 4.92. The second kappa shape index (κ2) is 3.89. The molecule has 1 fully saturated rings. The number of aryl methyl sites for hydroxylation is 1. The van der Waals surface area contributed by atoms with Gasteiger partial charge < -0.3 is 9.73 Å². The zero-order valence-corrected chi connectivity index (χ0v) is 10.0. The Morgan fingerprint density at radius 2 is 2.47 bits per heavy atom. The molecule has 1 N–H and O–H groups in total. The maximum Gasteiger partial charge on any atom is 0.216 e. The van der Waals surface area contributed by atoms with Crippen molar-refractivity contribution in [3.8, 4) is 0 Å². The molecule has 4 nitrogen and oxygen atoms in total. The minimum Gasteiger partial charge on any atom is -0.444 e. The van der Waals surface area contributed by atoms with Gasteiger partial charge in [0.05, 0.1) is 6.20 Å². The molecule has 5 heteroatoms. The summed E-state index contributed by atoms with van der Waals surface area (Å²) in [7, 11) is 0. The van der Waals surface area contributed by atoms with E-state index in [0.717, 1.165) is 16.7 Å². The van der Waals surface area contributed by atoms with E-state index in [4.69, 9.17) is 4.42 Å². The van der Waals surface area contributed by atoms with E-state index >= 15 is 0 Å². The third-order valence-electron chi connectivity index (χ3n) is 2.04. The van der Waals surface area contributed by atoms with Crippen LogP contribution in [0.25, 0.3) is 0 Å². The van der Waals surface area contributed by atoms with E-state index in [9.17, 15) is 0 Å². The van der Waals surface area contributed by atoms with E-state index in [2.05, 4.69) is 29.1 Å². The van der Waals surface area contributed by atoms with Gasteiger partial charge in [-0.25, -0.2) is 4.98 Å². The van der Waals surface area contributed by atoms with Crippen LogP contribution in [-0.2, 0) is 6.54 Å². The van der Waals surface area contributed by atoms with Crippen LogP contribution in [0.15, 0.2) is 15.6 Å². The van der Waals surface area contributed by atoms with Crippen molar-refractivity contribution in [2.24, 2.45) is 4.99 Å². The Kier molecular flexibility index (Phi) is 2.73. The van der Waals surface area contributed by atoms with Gasteiger partial charge in [0.1, 0.15) is 12.3 Å². The molecular formula is C10H15N3OS. The highest BCUT2D eigenvalue weighted by atomic mass is 32.2. The molecule has 0 saturated carbocycles. The van der Waals surface area contributed by atoms with Crippen molar-refractivity contribution in [3.05, 3.63) is 17.8 Å². The Morgan fingerprint density at radius 3 is 3.00 bits per heavy atom. The average Bonchev–Trinajstić information content (AvgIpc) is 2.69. The highest BCUT2D eigenvalue weighted by molar-refractivity contribution is 8.14. The molecule has 0 radical (unpaired) electrons. The minimum absolute atomic E-state index is 0.149. The van der Waals surface area contributed by atoms with Gasteiger partial charge in [-0.2, -0.15) is 0 Å². The van der Waals surface area contributed by atoms with Crippen molar-refractivity contribution in [1.29, 1.82) is 0 Å². The molecule has 0 spiro atoms. The molecule has 1 saturated heterocycles. The number of nitrogens with zero attached hydrogens (tertiary/aromatic N) is 2. The second-order valence-electron chi connectivity index (χ2n) is 4.28. The molecule has 0 atom stereocenters. The highest BCUT2D eigenvalue weighted by Gasteiger charge is 2.27. The van der Waals surface area contributed by atoms with E-state index in [1.165, 1.54) is 0 Å². The van der Waals surface area contributed by atoms with Gasteiger partial charge in [0.25, 0.3) is 0 Å². The zero-order chi connectivity index (χ0) is 10.9. The van der Waals surface area contributed by atoms with Crippen LogP contribution >= 0.6 is 11.8 Å². The SMILES string of the molecule is Cc1cnc(CN=C2NC(C)(C)CS2)o1. The van der Waals surface area contributed by atoms with Crippen LogP contribution in [0.2, 0.25) is 0 Å². The largest absolute Gasteiger partial charge is 0.444 e. The fourth-order valence-electron chi connectivity index (χ4n) is 1.31.